The molecule has 9 heteroatoms. The molecule has 0 unspecified atom stereocenters. The zero-order chi connectivity index (χ0) is 18.1. The normalized spacial score (nSPS) is 12.2. The van der Waals surface area contributed by atoms with Crippen LogP contribution in [-0.4, -0.2) is 40.3 Å². The fraction of sp³-hybridized carbons (Fsp3) is 0.176. The number of hydrogen-bond donors (Lipinski definition) is 3. The Kier molecular flexibility index (Phi) is 3.88. The van der Waals surface area contributed by atoms with Gasteiger partial charge >= 0.3 is 0 Å². The summed E-state index contributed by atoms with van der Waals surface area (Å²) in [6.45, 7) is 1.83. The number of rotatable bonds is 4. The van der Waals surface area contributed by atoms with Crippen LogP contribution in [-0.2, 0) is 4.79 Å². The standard InChI is InChI=1S/C17H15N5O4/c1-9-12-5-11(6-18-16(12)22-21-9)20-15(23)7-19-17(24)10-2-3-13-14(4-10)26-8-25-13/h2-6H,7-8H2,1H3,(H,19,24)(H,20,23)(H,18,21,22). The van der Waals surface area contributed by atoms with Crippen LogP contribution in [0.2, 0.25) is 0 Å². The molecule has 2 amide bonds. The molecule has 0 radical (unpaired) electrons. The number of hydrogen-bond acceptors (Lipinski definition) is 6. The molecule has 132 valence electrons. The summed E-state index contributed by atoms with van der Waals surface area (Å²) in [5.41, 5.74) is 2.36. The third-order valence-electron chi connectivity index (χ3n) is 3.93. The summed E-state index contributed by atoms with van der Waals surface area (Å²) >= 11 is 0. The number of aromatic nitrogens is 3. The number of anilines is 1. The number of benzene rings is 1. The van der Waals surface area contributed by atoms with Gasteiger partial charge in [-0.1, -0.05) is 0 Å². The van der Waals surface area contributed by atoms with Crippen LogP contribution >= 0.6 is 0 Å². The minimum atomic E-state index is -0.377. The molecule has 1 aromatic carbocycles. The van der Waals surface area contributed by atoms with Crippen LogP contribution in [0.4, 0.5) is 5.69 Å². The third-order valence-corrected chi connectivity index (χ3v) is 3.93. The largest absolute Gasteiger partial charge is 0.454 e. The van der Waals surface area contributed by atoms with Crippen molar-refractivity contribution in [2.75, 3.05) is 18.7 Å². The number of nitrogens with zero attached hydrogens (tertiary/aromatic N) is 2. The van der Waals surface area contributed by atoms with Crippen molar-refractivity contribution in [3.05, 3.63) is 41.7 Å². The molecule has 1 aliphatic rings. The second kappa shape index (κ2) is 6.36. The van der Waals surface area contributed by atoms with Gasteiger partial charge in [0.15, 0.2) is 17.1 Å². The van der Waals surface area contributed by atoms with Crippen LogP contribution in [0.5, 0.6) is 11.5 Å². The molecule has 0 atom stereocenters. The lowest BCUT2D eigenvalue weighted by Gasteiger charge is -2.07. The van der Waals surface area contributed by atoms with Crippen LogP contribution < -0.4 is 20.1 Å². The fourth-order valence-corrected chi connectivity index (χ4v) is 2.59. The molecule has 9 nitrogen and oxygen atoms in total. The maximum atomic E-state index is 12.2. The molecule has 1 aliphatic heterocycles. The van der Waals surface area contributed by atoms with E-state index in [4.69, 9.17) is 9.47 Å². The van der Waals surface area contributed by atoms with Gasteiger partial charge in [0.2, 0.25) is 12.7 Å². The molecule has 0 saturated carbocycles. The Hall–Kier alpha value is -3.62. The van der Waals surface area contributed by atoms with E-state index < -0.39 is 0 Å². The van der Waals surface area contributed by atoms with E-state index in [1.54, 1.807) is 24.3 Å². The van der Waals surface area contributed by atoms with Crippen molar-refractivity contribution >= 4 is 28.5 Å². The monoisotopic (exact) mass is 353 g/mol. The lowest BCUT2D eigenvalue weighted by molar-refractivity contribution is -0.115. The summed E-state index contributed by atoms with van der Waals surface area (Å²) in [5.74, 6) is 0.368. The van der Waals surface area contributed by atoms with Crippen LogP contribution in [0.1, 0.15) is 16.1 Å². The SMILES string of the molecule is Cc1[nH]nc2ncc(NC(=O)CNC(=O)c3ccc4c(c3)OCO4)cc12. The Morgan fingerprint density at radius 3 is 2.96 bits per heavy atom. The van der Waals surface area contributed by atoms with Gasteiger partial charge in [-0.25, -0.2) is 4.98 Å². The van der Waals surface area contributed by atoms with Gasteiger partial charge in [0.05, 0.1) is 18.4 Å². The average Bonchev–Trinajstić information content (AvgIpc) is 3.26. The molecule has 2 aromatic heterocycles. The van der Waals surface area contributed by atoms with Crippen molar-refractivity contribution in [3.8, 4) is 11.5 Å². The smallest absolute Gasteiger partial charge is 0.251 e. The van der Waals surface area contributed by atoms with Crippen LogP contribution in [0, 0.1) is 6.92 Å². The number of H-pyrrole nitrogens is 1. The zero-order valence-electron chi connectivity index (χ0n) is 13.8. The second-order valence-electron chi connectivity index (χ2n) is 5.74. The summed E-state index contributed by atoms with van der Waals surface area (Å²) in [6, 6.07) is 6.62. The third kappa shape index (κ3) is 3.02. The molecule has 3 aromatic rings. The minimum absolute atomic E-state index is 0.136. The van der Waals surface area contributed by atoms with Crippen molar-refractivity contribution in [1.82, 2.24) is 20.5 Å². The molecule has 0 spiro atoms. The van der Waals surface area contributed by atoms with Gasteiger partial charge in [0.25, 0.3) is 5.91 Å². The number of fused-ring (bicyclic) bond motifs is 2. The molecule has 0 bridgehead atoms. The number of aromatic amines is 1. The lowest BCUT2D eigenvalue weighted by Crippen LogP contribution is -2.32. The van der Waals surface area contributed by atoms with E-state index in [1.807, 2.05) is 6.92 Å². The summed E-state index contributed by atoms with van der Waals surface area (Å²) in [7, 11) is 0. The van der Waals surface area contributed by atoms with Crippen LogP contribution in [0.3, 0.4) is 0 Å². The van der Waals surface area contributed by atoms with Crippen molar-refractivity contribution < 1.29 is 19.1 Å². The number of amides is 2. The van der Waals surface area contributed by atoms with Gasteiger partial charge in [-0.15, -0.1) is 0 Å². The van der Waals surface area contributed by atoms with E-state index in [0.717, 1.165) is 11.1 Å². The van der Waals surface area contributed by atoms with Gasteiger partial charge < -0.3 is 20.1 Å². The maximum absolute atomic E-state index is 12.2. The quantitative estimate of drug-likeness (QED) is 0.652. The molecule has 0 fully saturated rings. The number of pyridine rings is 1. The highest BCUT2D eigenvalue weighted by atomic mass is 16.7. The number of carbonyl (C=O) groups excluding carboxylic acids is 2. The average molecular weight is 353 g/mol. The minimum Gasteiger partial charge on any atom is -0.454 e. The zero-order valence-corrected chi connectivity index (χ0v) is 13.8. The first-order valence-corrected chi connectivity index (χ1v) is 7.88. The summed E-state index contributed by atoms with van der Waals surface area (Å²) in [4.78, 5) is 28.4. The highest BCUT2D eigenvalue weighted by Crippen LogP contribution is 2.32. The number of carbonyl (C=O) groups is 2. The second-order valence-corrected chi connectivity index (χ2v) is 5.74. The van der Waals surface area contributed by atoms with Gasteiger partial charge in [0.1, 0.15) is 0 Å². The lowest BCUT2D eigenvalue weighted by atomic mass is 10.2. The Balaban J connectivity index is 1.37. The molecule has 3 N–H and O–H groups in total. The highest BCUT2D eigenvalue weighted by molar-refractivity contribution is 6.00. The van der Waals surface area contributed by atoms with Crippen LogP contribution in [0.25, 0.3) is 11.0 Å². The van der Waals surface area contributed by atoms with Gasteiger partial charge in [-0.05, 0) is 31.2 Å². The van der Waals surface area contributed by atoms with Gasteiger partial charge in [-0.2, -0.15) is 5.10 Å². The molecule has 3 heterocycles. The first kappa shape index (κ1) is 15.9. The first-order chi connectivity index (χ1) is 12.6. The van der Waals surface area contributed by atoms with Crippen molar-refractivity contribution in [2.45, 2.75) is 6.92 Å². The Morgan fingerprint density at radius 2 is 2.08 bits per heavy atom. The summed E-state index contributed by atoms with van der Waals surface area (Å²) in [5, 5.41) is 13.0. The van der Waals surface area contributed by atoms with E-state index in [2.05, 4.69) is 25.8 Å². The molecule has 26 heavy (non-hydrogen) atoms. The Labute approximate surface area is 147 Å². The summed E-state index contributed by atoms with van der Waals surface area (Å²) < 4.78 is 10.4. The first-order valence-electron chi connectivity index (χ1n) is 7.88. The number of nitrogens with one attached hydrogen (secondary N) is 3. The number of aryl methyl sites for hydroxylation is 1. The predicted molar refractivity (Wildman–Crippen MR) is 92.2 cm³/mol. The Bertz CT molecular complexity index is 1010. The van der Waals surface area contributed by atoms with Crippen molar-refractivity contribution in [3.63, 3.8) is 0 Å². The fourth-order valence-electron chi connectivity index (χ4n) is 2.59. The molecule has 0 aliphatic carbocycles. The number of ether oxygens (including phenoxy) is 2. The topological polar surface area (TPSA) is 118 Å². The molecular formula is C17H15N5O4. The molecule has 4 rings (SSSR count). The Morgan fingerprint density at radius 1 is 1.23 bits per heavy atom. The van der Waals surface area contributed by atoms with Gasteiger partial charge in [-0.3, -0.25) is 14.7 Å². The molecule has 0 saturated heterocycles. The van der Waals surface area contributed by atoms with E-state index in [1.165, 1.54) is 6.20 Å². The van der Waals surface area contributed by atoms with E-state index >= 15 is 0 Å². The molecular weight excluding hydrogens is 338 g/mol. The van der Waals surface area contributed by atoms with Gasteiger partial charge in [0, 0.05) is 16.6 Å². The van der Waals surface area contributed by atoms with E-state index in [0.29, 0.717) is 28.4 Å². The van der Waals surface area contributed by atoms with E-state index in [-0.39, 0.29) is 25.2 Å². The maximum Gasteiger partial charge on any atom is 0.251 e. The van der Waals surface area contributed by atoms with E-state index in [9.17, 15) is 9.59 Å². The van der Waals surface area contributed by atoms with Crippen molar-refractivity contribution in [1.29, 1.82) is 0 Å². The van der Waals surface area contributed by atoms with Crippen molar-refractivity contribution in [2.24, 2.45) is 0 Å². The predicted octanol–water partition coefficient (Wildman–Crippen LogP) is 1.36. The summed E-state index contributed by atoms with van der Waals surface area (Å²) in [6.07, 6.45) is 1.51. The van der Waals surface area contributed by atoms with Crippen LogP contribution in [0.15, 0.2) is 30.5 Å². The highest BCUT2D eigenvalue weighted by Gasteiger charge is 2.16.